The molecular weight excluding hydrogens is 154 g/mol. The van der Waals surface area contributed by atoms with Gasteiger partial charge in [0.15, 0.2) is 5.76 Å². The number of amides is 1. The summed E-state index contributed by atoms with van der Waals surface area (Å²) in [5, 5.41) is 2.73. The molecule has 0 bridgehead atoms. The minimum absolute atomic E-state index is 0.134. The first-order valence-electron chi connectivity index (χ1n) is 4.08. The first kappa shape index (κ1) is 8.84. The summed E-state index contributed by atoms with van der Waals surface area (Å²) in [6, 6.07) is 3.46. The highest BCUT2D eigenvalue weighted by Gasteiger charge is 2.07. The van der Waals surface area contributed by atoms with E-state index in [0.29, 0.717) is 12.3 Å². The van der Waals surface area contributed by atoms with Crippen LogP contribution in [0, 0.1) is 6.92 Å². The third-order valence-corrected chi connectivity index (χ3v) is 1.50. The molecule has 1 aromatic rings. The molecule has 0 atom stereocenters. The lowest BCUT2D eigenvalue weighted by Gasteiger charge is -1.98. The fraction of sp³-hybridized carbons (Fsp3) is 0.444. The standard InChI is InChI=1S/C9H13NO2/c1-3-6-10-9(11)8-5-4-7(2)12-8/h4-5H,3,6H2,1-2H3,(H,10,11). The quantitative estimate of drug-likeness (QED) is 0.744. The van der Waals surface area contributed by atoms with E-state index in [0.717, 1.165) is 12.2 Å². The highest BCUT2D eigenvalue weighted by atomic mass is 16.3. The Labute approximate surface area is 71.8 Å². The van der Waals surface area contributed by atoms with E-state index in [1.165, 1.54) is 0 Å². The number of hydrogen-bond acceptors (Lipinski definition) is 2. The number of hydrogen-bond donors (Lipinski definition) is 1. The van der Waals surface area contributed by atoms with Crippen molar-refractivity contribution in [1.82, 2.24) is 5.32 Å². The highest BCUT2D eigenvalue weighted by molar-refractivity contribution is 5.91. The first-order valence-corrected chi connectivity index (χ1v) is 4.08. The van der Waals surface area contributed by atoms with Gasteiger partial charge in [-0.2, -0.15) is 0 Å². The van der Waals surface area contributed by atoms with Gasteiger partial charge in [0.05, 0.1) is 0 Å². The predicted octanol–water partition coefficient (Wildman–Crippen LogP) is 1.73. The largest absolute Gasteiger partial charge is 0.456 e. The van der Waals surface area contributed by atoms with Gasteiger partial charge in [-0.15, -0.1) is 0 Å². The summed E-state index contributed by atoms with van der Waals surface area (Å²) in [7, 11) is 0. The van der Waals surface area contributed by atoms with Crippen molar-refractivity contribution in [3.63, 3.8) is 0 Å². The molecule has 1 heterocycles. The molecule has 0 radical (unpaired) electrons. The second-order valence-corrected chi connectivity index (χ2v) is 2.67. The Hall–Kier alpha value is -1.25. The van der Waals surface area contributed by atoms with Gasteiger partial charge in [0.2, 0.25) is 0 Å². The summed E-state index contributed by atoms with van der Waals surface area (Å²) in [6.07, 6.45) is 0.936. The van der Waals surface area contributed by atoms with E-state index < -0.39 is 0 Å². The van der Waals surface area contributed by atoms with Gasteiger partial charge >= 0.3 is 0 Å². The van der Waals surface area contributed by atoms with Crippen LogP contribution in [0.4, 0.5) is 0 Å². The number of aryl methyl sites for hydroxylation is 1. The lowest BCUT2D eigenvalue weighted by Crippen LogP contribution is -2.23. The van der Waals surface area contributed by atoms with Crippen LogP contribution >= 0.6 is 0 Å². The van der Waals surface area contributed by atoms with Gasteiger partial charge in [0.1, 0.15) is 5.76 Å². The van der Waals surface area contributed by atoms with Crippen molar-refractivity contribution < 1.29 is 9.21 Å². The normalized spacial score (nSPS) is 9.83. The fourth-order valence-electron chi connectivity index (χ4n) is 0.882. The summed E-state index contributed by atoms with van der Waals surface area (Å²) < 4.78 is 5.13. The molecule has 0 aliphatic rings. The zero-order valence-electron chi connectivity index (χ0n) is 7.39. The van der Waals surface area contributed by atoms with Crippen LogP contribution in [0.25, 0.3) is 0 Å². The van der Waals surface area contributed by atoms with Crippen molar-refractivity contribution in [2.45, 2.75) is 20.3 Å². The molecule has 1 amide bonds. The Kier molecular flexibility index (Phi) is 2.91. The molecule has 0 aromatic carbocycles. The molecule has 1 N–H and O–H groups in total. The van der Waals surface area contributed by atoms with Gasteiger partial charge in [0, 0.05) is 6.54 Å². The molecule has 1 rings (SSSR count). The van der Waals surface area contributed by atoms with Crippen LogP contribution in [-0.2, 0) is 0 Å². The lowest BCUT2D eigenvalue weighted by atomic mass is 10.4. The third-order valence-electron chi connectivity index (χ3n) is 1.50. The van der Waals surface area contributed by atoms with Crippen molar-refractivity contribution >= 4 is 5.91 Å². The van der Waals surface area contributed by atoms with Crippen molar-refractivity contribution in [3.05, 3.63) is 23.7 Å². The van der Waals surface area contributed by atoms with E-state index in [1.54, 1.807) is 12.1 Å². The maximum Gasteiger partial charge on any atom is 0.286 e. The smallest absolute Gasteiger partial charge is 0.286 e. The van der Waals surface area contributed by atoms with Gasteiger partial charge in [-0.25, -0.2) is 0 Å². The Morgan fingerprint density at radius 2 is 2.33 bits per heavy atom. The summed E-state index contributed by atoms with van der Waals surface area (Å²) in [6.45, 7) is 4.52. The van der Waals surface area contributed by atoms with E-state index in [1.807, 2.05) is 13.8 Å². The Bertz CT molecular complexity index is 265. The monoisotopic (exact) mass is 167 g/mol. The van der Waals surface area contributed by atoms with Gasteiger partial charge in [-0.05, 0) is 25.5 Å². The lowest BCUT2D eigenvalue weighted by molar-refractivity contribution is 0.0924. The second-order valence-electron chi connectivity index (χ2n) is 2.67. The molecule has 1 aromatic heterocycles. The average molecular weight is 167 g/mol. The Balaban J connectivity index is 2.53. The maximum absolute atomic E-state index is 11.2. The van der Waals surface area contributed by atoms with Crippen LogP contribution < -0.4 is 5.32 Å². The summed E-state index contributed by atoms with van der Waals surface area (Å²) in [5.74, 6) is 1.02. The fourth-order valence-corrected chi connectivity index (χ4v) is 0.882. The minimum atomic E-state index is -0.134. The van der Waals surface area contributed by atoms with Gasteiger partial charge in [-0.3, -0.25) is 4.79 Å². The third kappa shape index (κ3) is 2.12. The van der Waals surface area contributed by atoms with Crippen LogP contribution in [0.15, 0.2) is 16.5 Å². The molecule has 0 fully saturated rings. The van der Waals surface area contributed by atoms with Crippen LogP contribution in [0.1, 0.15) is 29.7 Å². The van der Waals surface area contributed by atoms with Crippen LogP contribution in [0.5, 0.6) is 0 Å². The number of carbonyl (C=O) groups excluding carboxylic acids is 1. The number of rotatable bonds is 3. The molecule has 0 saturated heterocycles. The zero-order valence-corrected chi connectivity index (χ0v) is 7.39. The van der Waals surface area contributed by atoms with Crippen LogP contribution in [0.3, 0.4) is 0 Å². The van der Waals surface area contributed by atoms with Crippen LogP contribution in [-0.4, -0.2) is 12.5 Å². The second kappa shape index (κ2) is 3.95. The first-order chi connectivity index (χ1) is 5.74. The highest BCUT2D eigenvalue weighted by Crippen LogP contribution is 2.05. The SMILES string of the molecule is CCCNC(=O)c1ccc(C)o1. The molecule has 12 heavy (non-hydrogen) atoms. The molecule has 0 unspecified atom stereocenters. The average Bonchev–Trinajstić information content (AvgIpc) is 2.47. The van der Waals surface area contributed by atoms with E-state index in [2.05, 4.69) is 5.32 Å². The number of furan rings is 1. The van der Waals surface area contributed by atoms with E-state index in [4.69, 9.17) is 4.42 Å². The maximum atomic E-state index is 11.2. The molecule has 0 aliphatic heterocycles. The van der Waals surface area contributed by atoms with Gasteiger partial charge < -0.3 is 9.73 Å². The molecule has 0 spiro atoms. The zero-order chi connectivity index (χ0) is 8.97. The number of carbonyl (C=O) groups is 1. The molecule has 3 nitrogen and oxygen atoms in total. The van der Waals surface area contributed by atoms with E-state index in [9.17, 15) is 4.79 Å². The van der Waals surface area contributed by atoms with Crippen LogP contribution in [0.2, 0.25) is 0 Å². The minimum Gasteiger partial charge on any atom is -0.456 e. The van der Waals surface area contributed by atoms with Crippen molar-refractivity contribution in [3.8, 4) is 0 Å². The molecular formula is C9H13NO2. The van der Waals surface area contributed by atoms with Gasteiger partial charge in [0.25, 0.3) is 5.91 Å². The Morgan fingerprint density at radius 1 is 1.58 bits per heavy atom. The van der Waals surface area contributed by atoms with Crippen molar-refractivity contribution in [1.29, 1.82) is 0 Å². The summed E-state index contributed by atoms with van der Waals surface area (Å²) in [5.41, 5.74) is 0. The molecule has 66 valence electrons. The van der Waals surface area contributed by atoms with Crippen molar-refractivity contribution in [2.75, 3.05) is 6.54 Å². The topological polar surface area (TPSA) is 42.2 Å². The van der Waals surface area contributed by atoms with Gasteiger partial charge in [-0.1, -0.05) is 6.92 Å². The predicted molar refractivity (Wildman–Crippen MR) is 46.1 cm³/mol. The number of nitrogens with one attached hydrogen (secondary N) is 1. The molecule has 0 aliphatic carbocycles. The Morgan fingerprint density at radius 3 is 2.83 bits per heavy atom. The van der Waals surface area contributed by atoms with E-state index in [-0.39, 0.29) is 5.91 Å². The summed E-state index contributed by atoms with van der Waals surface area (Å²) >= 11 is 0. The van der Waals surface area contributed by atoms with E-state index >= 15 is 0 Å². The summed E-state index contributed by atoms with van der Waals surface area (Å²) in [4.78, 5) is 11.2. The molecule has 3 heteroatoms. The van der Waals surface area contributed by atoms with Crippen molar-refractivity contribution in [2.24, 2.45) is 0 Å². The molecule has 0 saturated carbocycles.